The topological polar surface area (TPSA) is 86.9 Å². The Hall–Kier alpha value is -5.46. The molecule has 3 heterocycles. The summed E-state index contributed by atoms with van der Waals surface area (Å²) in [6, 6.07) is 36.9. The first-order chi connectivity index (χ1) is 18.2. The predicted molar refractivity (Wildman–Crippen MR) is 141 cm³/mol. The summed E-state index contributed by atoms with van der Waals surface area (Å²) in [5, 5.41) is 25.6. The molecule has 0 bridgehead atoms. The Labute approximate surface area is 212 Å². The van der Waals surface area contributed by atoms with Crippen molar-refractivity contribution in [3.05, 3.63) is 126 Å². The van der Waals surface area contributed by atoms with Gasteiger partial charge < -0.3 is 4.40 Å². The first-order valence-corrected chi connectivity index (χ1v) is 11.8. The van der Waals surface area contributed by atoms with Crippen molar-refractivity contribution in [1.82, 2.24) is 14.2 Å². The van der Waals surface area contributed by atoms with Crippen LogP contribution in [-0.2, 0) is 6.42 Å². The average Bonchev–Trinajstić information content (AvgIpc) is 3.52. The summed E-state index contributed by atoms with van der Waals surface area (Å²) >= 11 is 0. The molecule has 0 unspecified atom stereocenters. The van der Waals surface area contributed by atoms with Crippen LogP contribution in [0.4, 0.5) is 0 Å². The molecule has 0 aliphatic heterocycles. The van der Waals surface area contributed by atoms with Crippen LogP contribution in [0.2, 0.25) is 0 Å². The average molecular weight is 478 g/mol. The fourth-order valence-corrected chi connectivity index (χ4v) is 4.84. The largest absolute Gasteiger partial charge is 0.312 e. The summed E-state index contributed by atoms with van der Waals surface area (Å²) in [5.74, 6) is -0.291. The van der Waals surface area contributed by atoms with Crippen molar-refractivity contribution in [3.63, 3.8) is 0 Å². The molecule has 0 aliphatic carbocycles. The molecule has 0 spiro atoms. The second-order valence-electron chi connectivity index (χ2n) is 8.67. The second-order valence-corrected chi connectivity index (χ2v) is 8.67. The number of aromatic nitrogens is 3. The van der Waals surface area contributed by atoms with E-state index in [2.05, 4.69) is 17.2 Å². The van der Waals surface area contributed by atoms with Crippen LogP contribution in [0.5, 0.6) is 0 Å². The smallest absolute Gasteiger partial charge is 0.190 e. The van der Waals surface area contributed by atoms with E-state index in [1.807, 2.05) is 101 Å². The summed E-state index contributed by atoms with van der Waals surface area (Å²) in [6.45, 7) is 0. The van der Waals surface area contributed by atoms with E-state index in [9.17, 15) is 15.3 Å². The standard InChI is InChI=1S/C31H19N5O/c32-19-23-17-25(35-27-14-8-7-9-21(27)15-16-28(23)35)18-29(37)30-26(20-33)31(22-10-3-1-4-11-22)36(34-30)24-12-5-2-6-13-24/h1-17H,18H2. The van der Waals surface area contributed by atoms with Gasteiger partial charge in [-0.1, -0.05) is 72.8 Å². The Kier molecular flexibility index (Phi) is 5.33. The van der Waals surface area contributed by atoms with Crippen LogP contribution in [0.1, 0.15) is 27.3 Å². The van der Waals surface area contributed by atoms with Crippen molar-refractivity contribution >= 4 is 22.2 Å². The van der Waals surface area contributed by atoms with Gasteiger partial charge in [-0.15, -0.1) is 0 Å². The number of rotatable bonds is 5. The number of Topliss-reactive ketones (excluding diaryl/α,β-unsaturated/α-hetero) is 1. The maximum absolute atomic E-state index is 13.8. The van der Waals surface area contributed by atoms with Gasteiger partial charge in [-0.3, -0.25) is 4.79 Å². The van der Waals surface area contributed by atoms with Gasteiger partial charge >= 0.3 is 0 Å². The fourth-order valence-electron chi connectivity index (χ4n) is 4.84. The van der Waals surface area contributed by atoms with E-state index < -0.39 is 0 Å². The molecule has 3 aromatic carbocycles. The van der Waals surface area contributed by atoms with Crippen LogP contribution in [0.25, 0.3) is 33.4 Å². The first kappa shape index (κ1) is 22.0. The van der Waals surface area contributed by atoms with Crippen molar-refractivity contribution < 1.29 is 4.79 Å². The minimum Gasteiger partial charge on any atom is -0.312 e. The number of carbonyl (C=O) groups is 1. The number of ketones is 1. The monoisotopic (exact) mass is 477 g/mol. The highest BCUT2D eigenvalue weighted by Gasteiger charge is 2.26. The minimum absolute atomic E-state index is 0.00837. The Morgan fingerprint density at radius 1 is 0.784 bits per heavy atom. The molecule has 6 aromatic rings. The molecule has 37 heavy (non-hydrogen) atoms. The number of hydrogen-bond donors (Lipinski definition) is 0. The van der Waals surface area contributed by atoms with Crippen molar-refractivity contribution in [2.45, 2.75) is 6.42 Å². The summed E-state index contributed by atoms with van der Waals surface area (Å²) in [7, 11) is 0. The zero-order chi connectivity index (χ0) is 25.4. The molecule has 0 radical (unpaired) electrons. The number of hydrogen-bond acceptors (Lipinski definition) is 4. The predicted octanol–water partition coefficient (Wildman–Crippen LogP) is 6.11. The Morgan fingerprint density at radius 3 is 2.22 bits per heavy atom. The quantitative estimate of drug-likeness (QED) is 0.280. The van der Waals surface area contributed by atoms with E-state index in [-0.39, 0.29) is 23.5 Å². The lowest BCUT2D eigenvalue weighted by molar-refractivity contribution is 0.0986. The van der Waals surface area contributed by atoms with Crippen LogP contribution in [-0.4, -0.2) is 20.0 Å². The van der Waals surface area contributed by atoms with Gasteiger partial charge in [-0.2, -0.15) is 15.6 Å². The number of nitrogens with zero attached hydrogens (tertiary/aromatic N) is 5. The highest BCUT2D eigenvalue weighted by molar-refractivity contribution is 6.00. The van der Waals surface area contributed by atoms with Gasteiger partial charge in [-0.05, 0) is 35.7 Å². The molecular weight excluding hydrogens is 458 g/mol. The third-order valence-corrected chi connectivity index (χ3v) is 6.48. The molecule has 0 amide bonds. The van der Waals surface area contributed by atoms with Gasteiger partial charge in [0.1, 0.15) is 23.4 Å². The van der Waals surface area contributed by atoms with E-state index in [4.69, 9.17) is 0 Å². The first-order valence-electron chi connectivity index (χ1n) is 11.8. The van der Waals surface area contributed by atoms with Crippen LogP contribution in [0.3, 0.4) is 0 Å². The van der Waals surface area contributed by atoms with Crippen LogP contribution >= 0.6 is 0 Å². The second kappa shape index (κ2) is 8.96. The third-order valence-electron chi connectivity index (χ3n) is 6.48. The van der Waals surface area contributed by atoms with Gasteiger partial charge in [0, 0.05) is 11.3 Å². The molecule has 6 rings (SSSR count). The van der Waals surface area contributed by atoms with Gasteiger partial charge in [-0.25, -0.2) is 4.68 Å². The molecule has 0 atom stereocenters. The molecule has 0 fully saturated rings. The molecule has 174 valence electrons. The molecule has 0 N–H and O–H groups in total. The lowest BCUT2D eigenvalue weighted by atomic mass is 10.0. The van der Waals surface area contributed by atoms with Gasteiger partial charge in [0.2, 0.25) is 0 Å². The van der Waals surface area contributed by atoms with E-state index in [1.54, 1.807) is 10.7 Å². The highest BCUT2D eigenvalue weighted by atomic mass is 16.1. The zero-order valence-corrected chi connectivity index (χ0v) is 19.7. The molecule has 3 aromatic heterocycles. The Bertz CT molecular complexity index is 1880. The third kappa shape index (κ3) is 3.65. The van der Waals surface area contributed by atoms with Crippen LogP contribution < -0.4 is 0 Å². The maximum Gasteiger partial charge on any atom is 0.190 e. The zero-order valence-electron chi connectivity index (χ0n) is 19.7. The summed E-state index contributed by atoms with van der Waals surface area (Å²) in [5.41, 5.74) is 5.27. The molecular formula is C31H19N5O. The number of para-hydroxylation sites is 2. The maximum atomic E-state index is 13.8. The van der Waals surface area contributed by atoms with Gasteiger partial charge in [0.05, 0.1) is 34.4 Å². The lowest BCUT2D eigenvalue weighted by Gasteiger charge is -2.07. The number of nitriles is 2. The van der Waals surface area contributed by atoms with Crippen molar-refractivity contribution in [3.8, 4) is 29.1 Å². The summed E-state index contributed by atoms with van der Waals surface area (Å²) < 4.78 is 3.61. The van der Waals surface area contributed by atoms with Crippen LogP contribution in [0, 0.1) is 22.7 Å². The molecule has 6 heteroatoms. The minimum atomic E-state index is -0.291. The van der Waals surface area contributed by atoms with Crippen molar-refractivity contribution in [1.29, 1.82) is 10.5 Å². The molecule has 6 nitrogen and oxygen atoms in total. The van der Waals surface area contributed by atoms with E-state index in [0.717, 1.165) is 27.7 Å². The van der Waals surface area contributed by atoms with E-state index in [1.165, 1.54) is 0 Å². The van der Waals surface area contributed by atoms with Gasteiger partial charge in [0.25, 0.3) is 0 Å². The summed E-state index contributed by atoms with van der Waals surface area (Å²) in [4.78, 5) is 13.8. The normalized spacial score (nSPS) is 10.9. The lowest BCUT2D eigenvalue weighted by Crippen LogP contribution is -2.09. The van der Waals surface area contributed by atoms with Crippen LogP contribution in [0.15, 0.2) is 103 Å². The number of benzene rings is 3. The fraction of sp³-hybridized carbons (Fsp3) is 0.0323. The van der Waals surface area contributed by atoms with Crippen molar-refractivity contribution in [2.24, 2.45) is 0 Å². The Balaban J connectivity index is 1.53. The number of carbonyl (C=O) groups excluding carboxylic acids is 1. The molecule has 0 aliphatic rings. The number of fused-ring (bicyclic) bond motifs is 3. The molecule has 0 saturated carbocycles. The summed E-state index contributed by atoms with van der Waals surface area (Å²) in [6.07, 6.45) is -0.00837. The molecule has 0 saturated heterocycles. The van der Waals surface area contributed by atoms with E-state index >= 15 is 0 Å². The van der Waals surface area contributed by atoms with Crippen molar-refractivity contribution in [2.75, 3.05) is 0 Å². The van der Waals surface area contributed by atoms with E-state index in [0.29, 0.717) is 17.0 Å². The van der Waals surface area contributed by atoms with Gasteiger partial charge in [0.15, 0.2) is 5.78 Å². The highest BCUT2D eigenvalue weighted by Crippen LogP contribution is 2.30. The SMILES string of the molecule is N#Cc1c(C(=O)Cc2cc(C#N)c3ccc4ccccc4n23)nn(-c2ccccc2)c1-c1ccccc1. The number of pyridine rings is 1. The Morgan fingerprint density at radius 2 is 1.49 bits per heavy atom.